The fourth-order valence-corrected chi connectivity index (χ4v) is 2.52. The number of thioether (sulfide) groups is 1. The van der Waals surface area contributed by atoms with Crippen LogP contribution in [0.2, 0.25) is 0 Å². The van der Waals surface area contributed by atoms with Crippen molar-refractivity contribution in [2.24, 2.45) is 0 Å². The van der Waals surface area contributed by atoms with Crippen molar-refractivity contribution in [3.63, 3.8) is 0 Å². The minimum absolute atomic E-state index is 0.395. The van der Waals surface area contributed by atoms with Gasteiger partial charge in [0.2, 0.25) is 0 Å². The molecule has 0 fully saturated rings. The Balaban J connectivity index is 3.01. The maximum Gasteiger partial charge on any atom is 0.325 e. The molecule has 0 aromatic rings. The minimum atomic E-state index is -3.26. The van der Waals surface area contributed by atoms with E-state index in [1.807, 2.05) is 11.8 Å². The molecule has 0 saturated carbocycles. The summed E-state index contributed by atoms with van der Waals surface area (Å²) in [5.41, 5.74) is 0. The number of rotatable bonds is 13. The van der Waals surface area contributed by atoms with Gasteiger partial charge in [-0.2, -0.15) is 11.8 Å². The van der Waals surface area contributed by atoms with Crippen LogP contribution in [0.3, 0.4) is 0 Å². The largest absolute Gasteiger partial charge is 0.325 e. The Morgan fingerprint density at radius 3 is 2.33 bits per heavy atom. The molecular formula is C12H28NO3PS. The molecule has 1 atom stereocenters. The Kier molecular flexibility index (Phi) is 12.8. The highest BCUT2D eigenvalue weighted by molar-refractivity contribution is 7.98. The first kappa shape index (κ1) is 18.5. The molecule has 4 nitrogen and oxygen atoms in total. The highest BCUT2D eigenvalue weighted by atomic mass is 32.2. The summed E-state index contributed by atoms with van der Waals surface area (Å²) in [4.78, 5) is 8.90. The smallest absolute Gasteiger partial charge is 0.324 e. The highest BCUT2D eigenvalue weighted by Crippen LogP contribution is 2.36. The van der Waals surface area contributed by atoms with Crippen LogP contribution in [0.5, 0.6) is 0 Å². The standard InChI is InChI=1S/C12H28NO3PS/c1-17(14,15)16-11-7-4-3-5-9-13-10-6-8-12-18-2/h13H,3-12H2,1-2H3,(H,14,15). The summed E-state index contributed by atoms with van der Waals surface area (Å²) in [6.45, 7) is 3.82. The van der Waals surface area contributed by atoms with Gasteiger partial charge in [0, 0.05) is 6.66 Å². The van der Waals surface area contributed by atoms with Crippen molar-refractivity contribution < 1.29 is 14.0 Å². The van der Waals surface area contributed by atoms with Gasteiger partial charge in [-0.25, -0.2) is 0 Å². The van der Waals surface area contributed by atoms with Crippen molar-refractivity contribution in [3.8, 4) is 0 Å². The van der Waals surface area contributed by atoms with Crippen molar-refractivity contribution in [2.75, 3.05) is 38.4 Å². The summed E-state index contributed by atoms with van der Waals surface area (Å²) in [5, 5.41) is 3.43. The summed E-state index contributed by atoms with van der Waals surface area (Å²) in [6.07, 6.45) is 8.96. The molecule has 110 valence electrons. The van der Waals surface area contributed by atoms with Crippen LogP contribution in [0.25, 0.3) is 0 Å². The van der Waals surface area contributed by atoms with Crippen LogP contribution in [-0.4, -0.2) is 43.3 Å². The maximum atomic E-state index is 10.8. The molecule has 1 unspecified atom stereocenters. The summed E-state index contributed by atoms with van der Waals surface area (Å²) >= 11 is 1.91. The molecule has 18 heavy (non-hydrogen) atoms. The van der Waals surface area contributed by atoms with Crippen LogP contribution in [0.4, 0.5) is 0 Å². The fraction of sp³-hybridized carbons (Fsp3) is 1.00. The van der Waals surface area contributed by atoms with Crippen LogP contribution in [0.1, 0.15) is 38.5 Å². The van der Waals surface area contributed by atoms with Crippen LogP contribution in [0.15, 0.2) is 0 Å². The molecule has 0 aromatic heterocycles. The average molecular weight is 297 g/mol. The third-order valence-electron chi connectivity index (χ3n) is 2.53. The van der Waals surface area contributed by atoms with Crippen LogP contribution < -0.4 is 5.32 Å². The number of hydrogen-bond donors (Lipinski definition) is 2. The quantitative estimate of drug-likeness (QED) is 0.404. The lowest BCUT2D eigenvalue weighted by molar-refractivity contribution is 0.257. The first-order chi connectivity index (χ1) is 8.56. The Labute approximate surface area is 116 Å². The molecule has 0 spiro atoms. The Hall–Kier alpha value is 0.460. The highest BCUT2D eigenvalue weighted by Gasteiger charge is 2.08. The average Bonchev–Trinajstić information content (AvgIpc) is 2.29. The van der Waals surface area contributed by atoms with E-state index in [0.29, 0.717) is 6.61 Å². The molecule has 0 aliphatic rings. The van der Waals surface area contributed by atoms with Gasteiger partial charge in [0.05, 0.1) is 6.61 Å². The van der Waals surface area contributed by atoms with Crippen molar-refractivity contribution in [1.82, 2.24) is 5.32 Å². The summed E-state index contributed by atoms with van der Waals surface area (Å²) < 4.78 is 15.6. The molecule has 0 aliphatic heterocycles. The van der Waals surface area contributed by atoms with Gasteiger partial charge in [0.25, 0.3) is 0 Å². The zero-order valence-corrected chi connectivity index (χ0v) is 13.4. The van der Waals surface area contributed by atoms with Gasteiger partial charge >= 0.3 is 7.60 Å². The summed E-state index contributed by atoms with van der Waals surface area (Å²) in [6, 6.07) is 0. The van der Waals surface area contributed by atoms with E-state index in [2.05, 4.69) is 11.6 Å². The van der Waals surface area contributed by atoms with Crippen LogP contribution in [0, 0.1) is 0 Å². The van der Waals surface area contributed by atoms with Gasteiger partial charge in [-0.15, -0.1) is 0 Å². The van der Waals surface area contributed by atoms with Crippen LogP contribution >= 0.6 is 19.4 Å². The molecule has 0 radical (unpaired) electrons. The molecule has 0 heterocycles. The van der Waals surface area contributed by atoms with E-state index in [1.165, 1.54) is 31.7 Å². The fourth-order valence-electron chi connectivity index (χ4n) is 1.56. The van der Waals surface area contributed by atoms with Gasteiger partial charge < -0.3 is 14.7 Å². The maximum absolute atomic E-state index is 10.8. The summed E-state index contributed by atoms with van der Waals surface area (Å²) in [7, 11) is -3.26. The molecule has 0 bridgehead atoms. The molecule has 0 rings (SSSR count). The van der Waals surface area contributed by atoms with E-state index in [1.54, 1.807) is 0 Å². The molecule has 2 N–H and O–H groups in total. The molecule has 0 aromatic carbocycles. The molecule has 0 amide bonds. The SMILES string of the molecule is CSCCCCNCCCCCCOP(C)(=O)O. The van der Waals surface area contributed by atoms with Gasteiger partial charge in [-0.05, 0) is 50.8 Å². The van der Waals surface area contributed by atoms with E-state index >= 15 is 0 Å². The van der Waals surface area contributed by atoms with E-state index in [9.17, 15) is 4.57 Å². The van der Waals surface area contributed by atoms with E-state index < -0.39 is 7.60 Å². The van der Waals surface area contributed by atoms with Crippen molar-refractivity contribution in [2.45, 2.75) is 38.5 Å². The first-order valence-electron chi connectivity index (χ1n) is 6.71. The third kappa shape index (κ3) is 16.5. The monoisotopic (exact) mass is 297 g/mol. The van der Waals surface area contributed by atoms with E-state index in [0.717, 1.165) is 32.4 Å². The number of nitrogens with one attached hydrogen (secondary N) is 1. The topological polar surface area (TPSA) is 58.6 Å². The first-order valence-corrected chi connectivity index (χ1v) is 10.1. The number of hydrogen-bond acceptors (Lipinski definition) is 4. The number of unbranched alkanes of at least 4 members (excludes halogenated alkanes) is 4. The second-order valence-corrected chi connectivity index (χ2v) is 7.35. The Morgan fingerprint density at radius 2 is 1.72 bits per heavy atom. The van der Waals surface area contributed by atoms with Gasteiger partial charge in [-0.1, -0.05) is 12.8 Å². The van der Waals surface area contributed by atoms with Crippen molar-refractivity contribution >= 4 is 19.4 Å². The second kappa shape index (κ2) is 12.5. The molecule has 0 aliphatic carbocycles. The lowest BCUT2D eigenvalue weighted by Gasteiger charge is -2.07. The zero-order valence-electron chi connectivity index (χ0n) is 11.7. The van der Waals surface area contributed by atoms with E-state index in [4.69, 9.17) is 9.42 Å². The zero-order chi connectivity index (χ0) is 13.7. The summed E-state index contributed by atoms with van der Waals surface area (Å²) in [5.74, 6) is 1.26. The van der Waals surface area contributed by atoms with Crippen molar-refractivity contribution in [3.05, 3.63) is 0 Å². The Morgan fingerprint density at radius 1 is 1.11 bits per heavy atom. The molecular weight excluding hydrogens is 269 g/mol. The van der Waals surface area contributed by atoms with Gasteiger partial charge in [0.1, 0.15) is 0 Å². The predicted molar refractivity (Wildman–Crippen MR) is 80.7 cm³/mol. The van der Waals surface area contributed by atoms with Crippen LogP contribution in [-0.2, 0) is 9.09 Å². The minimum Gasteiger partial charge on any atom is -0.324 e. The van der Waals surface area contributed by atoms with Crippen molar-refractivity contribution in [1.29, 1.82) is 0 Å². The third-order valence-corrected chi connectivity index (χ3v) is 3.89. The lowest BCUT2D eigenvalue weighted by atomic mass is 10.2. The van der Waals surface area contributed by atoms with Gasteiger partial charge in [0.15, 0.2) is 0 Å². The molecule has 0 saturated heterocycles. The normalized spacial score (nSPS) is 14.6. The Bertz CT molecular complexity index is 223. The lowest BCUT2D eigenvalue weighted by Crippen LogP contribution is -2.16. The van der Waals surface area contributed by atoms with Gasteiger partial charge in [-0.3, -0.25) is 4.57 Å². The van der Waals surface area contributed by atoms with E-state index in [-0.39, 0.29) is 0 Å². The predicted octanol–water partition coefficient (Wildman–Crippen LogP) is 3.11. The molecule has 6 heteroatoms. The second-order valence-electron chi connectivity index (χ2n) is 4.50.